The van der Waals surface area contributed by atoms with Gasteiger partial charge in [0.1, 0.15) is 5.69 Å². The Kier molecular flexibility index (Phi) is 6.33. The fraction of sp³-hybridized carbons (Fsp3) is 0.360. The van der Waals surface area contributed by atoms with Crippen molar-refractivity contribution in [2.75, 3.05) is 25.0 Å². The van der Waals surface area contributed by atoms with E-state index < -0.39 is 17.7 Å². The van der Waals surface area contributed by atoms with Gasteiger partial charge >= 0.3 is 6.18 Å². The maximum Gasteiger partial charge on any atom is 0.416 e. The molecule has 3 aromatic heterocycles. The third kappa shape index (κ3) is 4.62. The fourth-order valence-electron chi connectivity index (χ4n) is 4.88. The van der Waals surface area contributed by atoms with Crippen LogP contribution in [0.3, 0.4) is 0 Å². The lowest BCUT2D eigenvalue weighted by atomic mass is 10.0. The standard InChI is InChI=1S/C25H25F4N7/c1-34(15-16-14-30-22(26)13-20(16)25(27,28)29)17-8-11-36(12-9-17)24-19-6-4-3-5-18(19)23(32-33-24)21-7-10-31-35(21)2/h3-7,10,13-14,17H,8-9,11-12,15H2,1-2H3. The van der Waals surface area contributed by atoms with E-state index >= 15 is 0 Å². The van der Waals surface area contributed by atoms with E-state index in [0.717, 1.165) is 47.0 Å². The Bertz CT molecular complexity index is 1380. The van der Waals surface area contributed by atoms with E-state index in [1.54, 1.807) is 17.9 Å². The maximum atomic E-state index is 13.4. The lowest BCUT2D eigenvalue weighted by Crippen LogP contribution is -2.43. The highest BCUT2D eigenvalue weighted by molar-refractivity contribution is 5.99. The number of fused-ring (bicyclic) bond motifs is 1. The molecule has 1 aliphatic heterocycles. The van der Waals surface area contributed by atoms with E-state index in [-0.39, 0.29) is 18.2 Å². The van der Waals surface area contributed by atoms with Gasteiger partial charge in [-0.05, 0) is 31.5 Å². The van der Waals surface area contributed by atoms with Crippen LogP contribution in [-0.2, 0) is 19.8 Å². The van der Waals surface area contributed by atoms with Crippen LogP contribution in [0.15, 0.2) is 48.8 Å². The fourth-order valence-corrected chi connectivity index (χ4v) is 4.88. The van der Waals surface area contributed by atoms with Crippen molar-refractivity contribution in [3.8, 4) is 11.4 Å². The van der Waals surface area contributed by atoms with Crippen molar-refractivity contribution < 1.29 is 17.6 Å². The second kappa shape index (κ2) is 9.45. The van der Waals surface area contributed by atoms with Crippen molar-refractivity contribution in [1.29, 1.82) is 0 Å². The summed E-state index contributed by atoms with van der Waals surface area (Å²) < 4.78 is 55.3. The zero-order valence-electron chi connectivity index (χ0n) is 19.9. The second-order valence-corrected chi connectivity index (χ2v) is 9.05. The zero-order valence-corrected chi connectivity index (χ0v) is 19.9. The molecule has 0 radical (unpaired) electrons. The smallest absolute Gasteiger partial charge is 0.354 e. The van der Waals surface area contributed by atoms with Gasteiger partial charge in [0.2, 0.25) is 5.95 Å². The molecule has 11 heteroatoms. The lowest BCUT2D eigenvalue weighted by Gasteiger charge is -2.37. The molecule has 0 spiro atoms. The van der Waals surface area contributed by atoms with Crippen LogP contribution in [0.1, 0.15) is 24.0 Å². The van der Waals surface area contributed by atoms with Gasteiger partial charge in [-0.25, -0.2) is 4.98 Å². The largest absolute Gasteiger partial charge is 0.416 e. The molecule has 4 heterocycles. The van der Waals surface area contributed by atoms with Gasteiger partial charge < -0.3 is 4.90 Å². The van der Waals surface area contributed by atoms with Crippen LogP contribution in [0.2, 0.25) is 0 Å². The van der Waals surface area contributed by atoms with Crippen LogP contribution >= 0.6 is 0 Å². The molecule has 0 saturated carbocycles. The molecule has 0 amide bonds. The Morgan fingerprint density at radius 3 is 2.44 bits per heavy atom. The summed E-state index contributed by atoms with van der Waals surface area (Å²) >= 11 is 0. The summed E-state index contributed by atoms with van der Waals surface area (Å²) in [6.45, 7) is 1.41. The molecular weight excluding hydrogens is 474 g/mol. The molecular formula is C25H25F4N7. The van der Waals surface area contributed by atoms with E-state index in [2.05, 4.69) is 25.2 Å². The topological polar surface area (TPSA) is 63.0 Å². The molecule has 0 N–H and O–H groups in total. The summed E-state index contributed by atoms with van der Waals surface area (Å²) in [6, 6.07) is 10.4. The highest BCUT2D eigenvalue weighted by atomic mass is 19.4. The summed E-state index contributed by atoms with van der Waals surface area (Å²) in [5, 5.41) is 15.3. The normalized spacial score (nSPS) is 15.2. The van der Waals surface area contributed by atoms with Gasteiger partial charge in [0, 0.05) is 62.0 Å². The monoisotopic (exact) mass is 499 g/mol. The van der Waals surface area contributed by atoms with E-state index in [4.69, 9.17) is 0 Å². The molecule has 1 aliphatic rings. The minimum Gasteiger partial charge on any atom is -0.354 e. The number of aromatic nitrogens is 5. The van der Waals surface area contributed by atoms with Crippen molar-refractivity contribution >= 4 is 16.6 Å². The molecule has 1 saturated heterocycles. The first kappa shape index (κ1) is 24.1. The first-order chi connectivity index (χ1) is 17.2. The molecule has 1 fully saturated rings. The van der Waals surface area contributed by atoms with Gasteiger partial charge in [0.25, 0.3) is 0 Å². The molecule has 0 unspecified atom stereocenters. The molecule has 0 bridgehead atoms. The Hall–Kier alpha value is -3.60. The van der Waals surface area contributed by atoms with E-state index in [1.165, 1.54) is 0 Å². The highest BCUT2D eigenvalue weighted by Gasteiger charge is 2.35. The van der Waals surface area contributed by atoms with Gasteiger partial charge in [0.15, 0.2) is 5.82 Å². The first-order valence-corrected chi connectivity index (χ1v) is 11.6. The molecule has 0 aliphatic carbocycles. The van der Waals surface area contributed by atoms with Crippen molar-refractivity contribution in [3.63, 3.8) is 0 Å². The number of hydrogen-bond donors (Lipinski definition) is 0. The number of alkyl halides is 3. The molecule has 4 aromatic rings. The van der Waals surface area contributed by atoms with Crippen molar-refractivity contribution in [2.24, 2.45) is 7.05 Å². The third-order valence-electron chi connectivity index (χ3n) is 6.80. The van der Waals surface area contributed by atoms with Gasteiger partial charge in [-0.3, -0.25) is 9.58 Å². The van der Waals surface area contributed by atoms with Crippen LogP contribution in [0.25, 0.3) is 22.2 Å². The van der Waals surface area contributed by atoms with E-state index in [0.29, 0.717) is 19.2 Å². The van der Waals surface area contributed by atoms with Crippen LogP contribution in [0, 0.1) is 5.95 Å². The van der Waals surface area contributed by atoms with Gasteiger partial charge in [-0.15, -0.1) is 10.2 Å². The summed E-state index contributed by atoms with van der Waals surface area (Å²) in [5.41, 5.74) is 0.627. The molecule has 188 valence electrons. The molecule has 7 nitrogen and oxygen atoms in total. The van der Waals surface area contributed by atoms with Crippen LogP contribution < -0.4 is 4.90 Å². The summed E-state index contributed by atoms with van der Waals surface area (Å²) in [5.74, 6) is -0.343. The Morgan fingerprint density at radius 1 is 1.06 bits per heavy atom. The highest BCUT2D eigenvalue weighted by Crippen LogP contribution is 2.34. The second-order valence-electron chi connectivity index (χ2n) is 9.05. The molecule has 0 atom stereocenters. The van der Waals surface area contributed by atoms with Crippen molar-refractivity contribution in [2.45, 2.75) is 31.6 Å². The average molecular weight is 500 g/mol. The molecule has 1 aromatic carbocycles. The quantitative estimate of drug-likeness (QED) is 0.294. The van der Waals surface area contributed by atoms with Crippen LogP contribution in [0.4, 0.5) is 23.4 Å². The number of nitrogens with zero attached hydrogens (tertiary/aromatic N) is 7. The van der Waals surface area contributed by atoms with Crippen LogP contribution in [0.5, 0.6) is 0 Å². The zero-order chi connectivity index (χ0) is 25.4. The average Bonchev–Trinajstić information content (AvgIpc) is 3.29. The van der Waals surface area contributed by atoms with Crippen LogP contribution in [-0.4, -0.2) is 56.0 Å². The Balaban J connectivity index is 1.33. The minimum atomic E-state index is -4.63. The van der Waals surface area contributed by atoms with Crippen molar-refractivity contribution in [1.82, 2.24) is 29.9 Å². The van der Waals surface area contributed by atoms with E-state index in [1.807, 2.05) is 42.3 Å². The molecule has 36 heavy (non-hydrogen) atoms. The number of anilines is 1. The number of aryl methyl sites for hydroxylation is 1. The predicted molar refractivity (Wildman–Crippen MR) is 128 cm³/mol. The number of benzene rings is 1. The minimum absolute atomic E-state index is 0.0311. The van der Waals surface area contributed by atoms with Gasteiger partial charge in [-0.2, -0.15) is 22.7 Å². The molecule has 5 rings (SSSR count). The number of halogens is 4. The number of piperidine rings is 1. The SMILES string of the molecule is CN(Cc1cnc(F)cc1C(F)(F)F)C1CCN(c2nnc(-c3ccnn3C)c3ccccc23)CC1. The summed E-state index contributed by atoms with van der Waals surface area (Å²) in [7, 11) is 3.66. The summed E-state index contributed by atoms with van der Waals surface area (Å²) in [4.78, 5) is 7.50. The predicted octanol–water partition coefficient (Wildman–Crippen LogP) is 4.68. The van der Waals surface area contributed by atoms with Crippen molar-refractivity contribution in [3.05, 3.63) is 65.9 Å². The first-order valence-electron chi connectivity index (χ1n) is 11.6. The Morgan fingerprint density at radius 2 is 1.78 bits per heavy atom. The number of rotatable bonds is 5. The lowest BCUT2D eigenvalue weighted by molar-refractivity contribution is -0.138. The summed E-state index contributed by atoms with van der Waals surface area (Å²) in [6.07, 6.45) is -0.446. The van der Waals surface area contributed by atoms with E-state index in [9.17, 15) is 17.6 Å². The Labute approximate surface area is 205 Å². The third-order valence-corrected chi connectivity index (χ3v) is 6.80. The number of hydrogen-bond acceptors (Lipinski definition) is 6. The number of pyridine rings is 1. The van der Waals surface area contributed by atoms with Gasteiger partial charge in [-0.1, -0.05) is 24.3 Å². The van der Waals surface area contributed by atoms with Gasteiger partial charge in [0.05, 0.1) is 11.3 Å². The maximum absolute atomic E-state index is 13.4.